The third kappa shape index (κ3) is 3.00. The highest BCUT2D eigenvalue weighted by Gasteiger charge is 2.04. The van der Waals surface area contributed by atoms with Gasteiger partial charge >= 0.3 is 0 Å². The molecule has 0 aliphatic rings. The molecule has 0 radical (unpaired) electrons. The quantitative estimate of drug-likeness (QED) is 0.722. The smallest absolute Gasteiger partial charge is 0.0638 e. The lowest BCUT2D eigenvalue weighted by Gasteiger charge is -2.10. The zero-order valence-electron chi connectivity index (χ0n) is 9.25. The van der Waals surface area contributed by atoms with Crippen molar-refractivity contribution in [2.75, 3.05) is 0 Å². The van der Waals surface area contributed by atoms with E-state index in [0.29, 0.717) is 6.04 Å². The molecular formula is C11H19N3. The highest BCUT2D eigenvalue weighted by Crippen LogP contribution is 2.04. The van der Waals surface area contributed by atoms with Gasteiger partial charge in [0.1, 0.15) is 0 Å². The summed E-state index contributed by atoms with van der Waals surface area (Å²) in [5.74, 6) is 0. The Morgan fingerprint density at radius 2 is 2.43 bits per heavy atom. The number of rotatable bonds is 5. The van der Waals surface area contributed by atoms with Crippen molar-refractivity contribution in [1.29, 1.82) is 0 Å². The molecule has 0 saturated heterocycles. The zero-order valence-corrected chi connectivity index (χ0v) is 9.25. The van der Waals surface area contributed by atoms with Crippen molar-refractivity contribution in [1.82, 2.24) is 15.1 Å². The lowest BCUT2D eigenvalue weighted by atomic mass is 10.2. The molecule has 0 aliphatic heterocycles. The summed E-state index contributed by atoms with van der Waals surface area (Å²) < 4.78 is 1.85. The highest BCUT2D eigenvalue weighted by atomic mass is 15.2. The Labute approximate surface area is 85.8 Å². The van der Waals surface area contributed by atoms with E-state index < -0.39 is 0 Å². The molecule has 3 heteroatoms. The third-order valence-corrected chi connectivity index (χ3v) is 2.28. The monoisotopic (exact) mass is 193 g/mol. The van der Waals surface area contributed by atoms with Crippen LogP contribution < -0.4 is 5.32 Å². The van der Waals surface area contributed by atoms with Crippen molar-refractivity contribution in [2.45, 2.75) is 32.9 Å². The number of nitrogens with one attached hydrogen (secondary N) is 1. The van der Waals surface area contributed by atoms with Crippen LogP contribution in [-0.2, 0) is 13.6 Å². The van der Waals surface area contributed by atoms with Crippen molar-refractivity contribution in [3.63, 3.8) is 0 Å². The van der Waals surface area contributed by atoms with Crippen LogP contribution in [0.2, 0.25) is 0 Å². The van der Waals surface area contributed by atoms with Crippen LogP contribution in [-0.4, -0.2) is 15.8 Å². The second kappa shape index (κ2) is 4.96. The van der Waals surface area contributed by atoms with Gasteiger partial charge in [-0.1, -0.05) is 6.08 Å². The number of aromatic nitrogens is 2. The standard InChI is InChI=1S/C11H19N3/c1-5-6-9(2)12-7-11-8-14(4)13-10(11)3/h5,8-9,12H,1,6-7H2,2-4H3. The Hall–Kier alpha value is -1.09. The van der Waals surface area contributed by atoms with Crippen LogP contribution >= 0.6 is 0 Å². The number of hydrogen-bond acceptors (Lipinski definition) is 2. The number of aryl methyl sites for hydroxylation is 2. The minimum Gasteiger partial charge on any atom is -0.310 e. The average molecular weight is 193 g/mol. The Morgan fingerprint density at radius 3 is 2.93 bits per heavy atom. The van der Waals surface area contributed by atoms with Crippen molar-refractivity contribution >= 4 is 0 Å². The Morgan fingerprint density at radius 1 is 1.71 bits per heavy atom. The Kier molecular flexibility index (Phi) is 3.89. The van der Waals surface area contributed by atoms with E-state index in [9.17, 15) is 0 Å². The molecule has 0 fully saturated rings. The minimum atomic E-state index is 0.479. The second-order valence-electron chi connectivity index (χ2n) is 3.72. The van der Waals surface area contributed by atoms with E-state index in [0.717, 1.165) is 18.7 Å². The summed E-state index contributed by atoms with van der Waals surface area (Å²) >= 11 is 0. The Balaban J connectivity index is 2.45. The molecule has 78 valence electrons. The van der Waals surface area contributed by atoms with Gasteiger partial charge in [-0.05, 0) is 20.3 Å². The van der Waals surface area contributed by atoms with Gasteiger partial charge in [0, 0.05) is 31.4 Å². The van der Waals surface area contributed by atoms with E-state index in [1.165, 1.54) is 5.56 Å². The fraction of sp³-hybridized carbons (Fsp3) is 0.545. The van der Waals surface area contributed by atoms with E-state index >= 15 is 0 Å². The molecule has 0 saturated carbocycles. The summed E-state index contributed by atoms with van der Waals surface area (Å²) in [5.41, 5.74) is 2.37. The van der Waals surface area contributed by atoms with Crippen LogP contribution in [0.15, 0.2) is 18.9 Å². The number of nitrogens with zero attached hydrogens (tertiary/aromatic N) is 2. The van der Waals surface area contributed by atoms with E-state index in [-0.39, 0.29) is 0 Å². The molecule has 1 atom stereocenters. The van der Waals surface area contributed by atoms with Crippen LogP contribution in [0.1, 0.15) is 24.6 Å². The Bertz CT molecular complexity index is 301. The maximum Gasteiger partial charge on any atom is 0.0638 e. The van der Waals surface area contributed by atoms with Gasteiger partial charge < -0.3 is 5.32 Å². The molecule has 0 aromatic carbocycles. The van der Waals surface area contributed by atoms with E-state index in [2.05, 4.69) is 30.1 Å². The normalized spacial score (nSPS) is 12.8. The van der Waals surface area contributed by atoms with Gasteiger partial charge in [0.15, 0.2) is 0 Å². The van der Waals surface area contributed by atoms with Crippen molar-refractivity contribution in [2.24, 2.45) is 7.05 Å². The summed E-state index contributed by atoms with van der Waals surface area (Å²) in [6.07, 6.45) is 5.00. The average Bonchev–Trinajstić information content (AvgIpc) is 2.42. The maximum absolute atomic E-state index is 4.29. The molecular weight excluding hydrogens is 174 g/mol. The second-order valence-corrected chi connectivity index (χ2v) is 3.72. The molecule has 1 rings (SSSR count). The van der Waals surface area contributed by atoms with Gasteiger partial charge in [-0.25, -0.2) is 0 Å². The van der Waals surface area contributed by atoms with Crippen LogP contribution in [0.3, 0.4) is 0 Å². The fourth-order valence-electron chi connectivity index (χ4n) is 1.44. The topological polar surface area (TPSA) is 29.9 Å². The summed E-state index contributed by atoms with van der Waals surface area (Å²) in [4.78, 5) is 0. The lowest BCUT2D eigenvalue weighted by Crippen LogP contribution is -2.24. The molecule has 0 bridgehead atoms. The molecule has 0 spiro atoms. The predicted octanol–water partition coefficient (Wildman–Crippen LogP) is 1.78. The van der Waals surface area contributed by atoms with E-state index in [4.69, 9.17) is 0 Å². The van der Waals surface area contributed by atoms with Crippen molar-refractivity contribution in [3.05, 3.63) is 30.1 Å². The molecule has 0 aliphatic carbocycles. The summed E-state index contributed by atoms with van der Waals surface area (Å²) in [5, 5.41) is 7.72. The molecule has 1 N–H and O–H groups in total. The molecule has 1 aromatic rings. The van der Waals surface area contributed by atoms with Gasteiger partial charge in [-0.2, -0.15) is 5.10 Å². The van der Waals surface area contributed by atoms with Gasteiger partial charge in [0.05, 0.1) is 5.69 Å². The lowest BCUT2D eigenvalue weighted by molar-refractivity contribution is 0.552. The molecule has 3 nitrogen and oxygen atoms in total. The summed E-state index contributed by atoms with van der Waals surface area (Å²) in [6, 6.07) is 0.479. The first-order valence-corrected chi connectivity index (χ1v) is 4.97. The predicted molar refractivity (Wildman–Crippen MR) is 59.1 cm³/mol. The van der Waals surface area contributed by atoms with E-state index in [1.807, 2.05) is 24.7 Å². The molecule has 14 heavy (non-hydrogen) atoms. The van der Waals surface area contributed by atoms with Crippen LogP contribution in [0.4, 0.5) is 0 Å². The first-order chi connectivity index (χ1) is 6.63. The first kappa shape index (κ1) is 11.0. The largest absolute Gasteiger partial charge is 0.310 e. The van der Waals surface area contributed by atoms with Crippen LogP contribution in [0.25, 0.3) is 0 Å². The number of hydrogen-bond donors (Lipinski definition) is 1. The fourth-order valence-corrected chi connectivity index (χ4v) is 1.44. The first-order valence-electron chi connectivity index (χ1n) is 4.97. The van der Waals surface area contributed by atoms with Gasteiger partial charge in [-0.15, -0.1) is 6.58 Å². The van der Waals surface area contributed by atoms with Gasteiger partial charge in [0.25, 0.3) is 0 Å². The van der Waals surface area contributed by atoms with Crippen molar-refractivity contribution < 1.29 is 0 Å². The summed E-state index contributed by atoms with van der Waals surface area (Å²) in [7, 11) is 1.95. The third-order valence-electron chi connectivity index (χ3n) is 2.28. The molecule has 1 aromatic heterocycles. The van der Waals surface area contributed by atoms with Gasteiger partial charge in [0.2, 0.25) is 0 Å². The SMILES string of the molecule is C=CCC(C)NCc1cn(C)nc1C. The van der Waals surface area contributed by atoms with Crippen LogP contribution in [0, 0.1) is 6.92 Å². The maximum atomic E-state index is 4.29. The highest BCUT2D eigenvalue weighted by molar-refractivity contribution is 5.14. The van der Waals surface area contributed by atoms with Crippen molar-refractivity contribution in [3.8, 4) is 0 Å². The molecule has 1 heterocycles. The zero-order chi connectivity index (χ0) is 10.6. The van der Waals surface area contributed by atoms with E-state index in [1.54, 1.807) is 0 Å². The van der Waals surface area contributed by atoms with Gasteiger partial charge in [-0.3, -0.25) is 4.68 Å². The molecule has 1 unspecified atom stereocenters. The summed E-state index contributed by atoms with van der Waals surface area (Å²) in [6.45, 7) is 8.80. The van der Waals surface area contributed by atoms with Crippen LogP contribution in [0.5, 0.6) is 0 Å². The molecule has 0 amide bonds. The minimum absolute atomic E-state index is 0.479.